The Morgan fingerprint density at radius 3 is 2.43 bits per heavy atom. The van der Waals surface area contributed by atoms with Gasteiger partial charge < -0.3 is 14.8 Å². The van der Waals surface area contributed by atoms with Crippen molar-refractivity contribution in [3.63, 3.8) is 0 Å². The number of aromatic nitrogens is 2. The molecule has 1 aromatic heterocycles. The predicted octanol–water partition coefficient (Wildman–Crippen LogP) is 3.14. The maximum absolute atomic E-state index is 12.8. The molecule has 0 bridgehead atoms. The molecule has 0 saturated carbocycles. The van der Waals surface area contributed by atoms with Gasteiger partial charge in [0.2, 0.25) is 0 Å². The fourth-order valence-electron chi connectivity index (χ4n) is 3.35. The lowest BCUT2D eigenvalue weighted by molar-refractivity contribution is -0.384. The third-order valence-corrected chi connectivity index (χ3v) is 8.99. The molecule has 3 rings (SSSR count). The number of hydrogen-bond acceptors (Lipinski definition) is 10. The van der Waals surface area contributed by atoms with Gasteiger partial charge in [-0.05, 0) is 50.3 Å². The zero-order valence-electron chi connectivity index (χ0n) is 20.8. The smallest absolute Gasteiger partial charge is 0.269 e. The van der Waals surface area contributed by atoms with Crippen molar-refractivity contribution in [1.82, 2.24) is 14.1 Å². The van der Waals surface area contributed by atoms with Crippen LogP contribution in [0.25, 0.3) is 10.9 Å². The molecule has 0 radical (unpaired) electrons. The molecule has 1 unspecified atom stereocenters. The number of methoxy groups -OCH3 is 1. The number of sulfonamides is 1. The van der Waals surface area contributed by atoms with Crippen molar-refractivity contribution in [2.24, 2.45) is 0 Å². The van der Waals surface area contributed by atoms with E-state index in [1.807, 2.05) is 13.8 Å². The van der Waals surface area contributed by atoms with Crippen LogP contribution in [0.4, 0.5) is 11.5 Å². The molecular weight excluding hydrogens is 522 g/mol. The lowest BCUT2D eigenvalue weighted by Crippen LogP contribution is -2.31. The van der Waals surface area contributed by atoms with E-state index in [4.69, 9.17) is 9.47 Å². The summed E-state index contributed by atoms with van der Waals surface area (Å²) >= 11 is 0. The van der Waals surface area contributed by atoms with Crippen LogP contribution in [-0.2, 0) is 19.7 Å². The average Bonchev–Trinajstić information content (AvgIpc) is 2.82. The summed E-state index contributed by atoms with van der Waals surface area (Å²) in [6.07, 6.45) is 3.49. The highest BCUT2D eigenvalue weighted by molar-refractivity contribution is 8.09. The molecule has 200 valence electrons. The van der Waals surface area contributed by atoms with Crippen LogP contribution in [0.2, 0.25) is 0 Å². The molecule has 0 aliphatic carbocycles. The zero-order valence-corrected chi connectivity index (χ0v) is 22.5. The number of benzene rings is 2. The monoisotopic (exact) mass is 551 g/mol. The molecule has 14 heteroatoms. The van der Waals surface area contributed by atoms with Gasteiger partial charge >= 0.3 is 0 Å². The van der Waals surface area contributed by atoms with E-state index in [2.05, 4.69) is 19.4 Å². The Hall–Kier alpha value is -3.49. The molecule has 0 aliphatic heterocycles. The Kier molecular flexibility index (Phi) is 8.89. The standard InChI is InChI=1S/C23H29N5O7S2/c1-16(2)26-23-19-13-21(34-3)22(14-20(19)24-15-25-23)35-11-5-6-12-36(4,31)27-37(32,33)18-9-7-17(8-10-18)28(29)30/h7-10,12-16H,5-6,11H2,1-4H3,(H,27,31)(H,24,25,26). The van der Waals surface area contributed by atoms with Gasteiger partial charge in [0.05, 0.1) is 29.1 Å². The van der Waals surface area contributed by atoms with Crippen LogP contribution in [-0.4, -0.2) is 58.9 Å². The van der Waals surface area contributed by atoms with Crippen molar-refractivity contribution in [2.75, 3.05) is 25.3 Å². The molecule has 0 fully saturated rings. The summed E-state index contributed by atoms with van der Waals surface area (Å²) < 4.78 is 51.3. The Labute approximate surface area is 215 Å². The third kappa shape index (κ3) is 7.50. The summed E-state index contributed by atoms with van der Waals surface area (Å²) in [6, 6.07) is 8.06. The summed E-state index contributed by atoms with van der Waals surface area (Å²) in [6.45, 7) is 4.27. The second kappa shape index (κ2) is 11.7. The van der Waals surface area contributed by atoms with Crippen molar-refractivity contribution in [3.05, 3.63) is 52.8 Å². The van der Waals surface area contributed by atoms with E-state index in [-0.39, 0.29) is 23.2 Å². The largest absolute Gasteiger partial charge is 0.493 e. The van der Waals surface area contributed by atoms with Gasteiger partial charge in [-0.15, -0.1) is 4.13 Å². The van der Waals surface area contributed by atoms with Crippen molar-refractivity contribution in [1.29, 1.82) is 0 Å². The number of non-ortho nitro benzene ring substituents is 1. The van der Waals surface area contributed by atoms with Crippen LogP contribution < -0.4 is 18.9 Å². The van der Waals surface area contributed by atoms with Crippen molar-refractivity contribution in [3.8, 4) is 11.5 Å². The summed E-state index contributed by atoms with van der Waals surface area (Å²) in [4.78, 5) is 18.5. The first-order chi connectivity index (χ1) is 17.4. The van der Waals surface area contributed by atoms with Crippen LogP contribution in [0.3, 0.4) is 0 Å². The van der Waals surface area contributed by atoms with E-state index in [0.29, 0.717) is 35.7 Å². The van der Waals surface area contributed by atoms with Crippen LogP contribution in [0, 0.1) is 10.1 Å². The number of nitro groups is 1. The number of rotatable bonds is 12. The number of unbranched alkanes of at least 4 members (excludes halogenated alkanes) is 1. The second-order valence-corrected chi connectivity index (χ2v) is 12.7. The van der Waals surface area contributed by atoms with Crippen LogP contribution in [0.1, 0.15) is 26.7 Å². The van der Waals surface area contributed by atoms with E-state index >= 15 is 0 Å². The van der Waals surface area contributed by atoms with Crippen molar-refractivity contribution < 1.29 is 27.0 Å². The number of hydrogen-bond donors (Lipinski definition) is 2. The van der Waals surface area contributed by atoms with Crippen molar-refractivity contribution in [2.45, 2.75) is 37.6 Å². The normalized spacial score (nSPS) is 13.2. The Morgan fingerprint density at radius 1 is 1.11 bits per heavy atom. The lowest BCUT2D eigenvalue weighted by atomic mass is 10.2. The number of ether oxygens (including phenoxy) is 2. The first-order valence-corrected chi connectivity index (χ1v) is 14.8. The lowest BCUT2D eigenvalue weighted by Gasteiger charge is -2.15. The van der Waals surface area contributed by atoms with Crippen LogP contribution in [0.5, 0.6) is 11.5 Å². The minimum Gasteiger partial charge on any atom is -0.493 e. The summed E-state index contributed by atoms with van der Waals surface area (Å²) in [7, 11) is -5.67. The quantitative estimate of drug-likeness (QED) is 0.148. The average molecular weight is 552 g/mol. The minimum atomic E-state index is -4.13. The summed E-state index contributed by atoms with van der Waals surface area (Å²) in [5.41, 5.74) is 0.434. The zero-order chi connectivity index (χ0) is 27.2. The molecule has 2 aromatic carbocycles. The molecule has 1 atom stereocenters. The minimum absolute atomic E-state index is 0.184. The first kappa shape index (κ1) is 28.1. The molecule has 0 aliphatic rings. The second-order valence-electron chi connectivity index (χ2n) is 8.44. The molecule has 0 amide bonds. The SMILES string of the molecule is COc1cc2c(NC(C)C)ncnc2cc1OCCCC=S(C)(=O)NS(=O)(=O)c1ccc([N+](=O)[O-])cc1. The Morgan fingerprint density at radius 2 is 1.81 bits per heavy atom. The van der Waals surface area contributed by atoms with Gasteiger partial charge in [-0.1, -0.05) is 0 Å². The maximum Gasteiger partial charge on any atom is 0.269 e. The number of nitro benzene ring substituents is 1. The predicted molar refractivity (Wildman–Crippen MR) is 143 cm³/mol. The molecule has 12 nitrogen and oxygen atoms in total. The highest BCUT2D eigenvalue weighted by atomic mass is 32.3. The highest BCUT2D eigenvalue weighted by Gasteiger charge is 2.19. The van der Waals surface area contributed by atoms with Gasteiger partial charge in [0.1, 0.15) is 12.1 Å². The topological polar surface area (TPSA) is 163 Å². The van der Waals surface area contributed by atoms with Crippen molar-refractivity contribution >= 4 is 47.5 Å². The highest BCUT2D eigenvalue weighted by Crippen LogP contribution is 2.34. The van der Waals surface area contributed by atoms with E-state index in [1.165, 1.54) is 25.1 Å². The third-order valence-electron chi connectivity index (χ3n) is 5.02. The molecule has 37 heavy (non-hydrogen) atoms. The van der Waals surface area contributed by atoms with Gasteiger partial charge in [-0.25, -0.2) is 18.4 Å². The van der Waals surface area contributed by atoms with Gasteiger partial charge in [0, 0.05) is 45.6 Å². The number of anilines is 1. The Bertz CT molecular complexity index is 1500. The van der Waals surface area contributed by atoms with E-state index in [9.17, 15) is 22.7 Å². The molecule has 1 heterocycles. The Balaban J connectivity index is 1.63. The van der Waals surface area contributed by atoms with Crippen LogP contribution in [0.15, 0.2) is 47.6 Å². The van der Waals surface area contributed by atoms with E-state index in [0.717, 1.165) is 29.7 Å². The fraction of sp³-hybridized carbons (Fsp3) is 0.348. The molecule has 0 saturated heterocycles. The number of nitrogens with zero attached hydrogens (tertiary/aromatic N) is 3. The summed E-state index contributed by atoms with van der Waals surface area (Å²) in [5.74, 6) is 1.68. The molecule has 0 spiro atoms. The number of nitrogens with one attached hydrogen (secondary N) is 2. The molecular formula is C23H29N5O7S2. The molecule has 2 N–H and O–H groups in total. The van der Waals surface area contributed by atoms with E-state index in [1.54, 1.807) is 12.1 Å². The number of fused-ring (bicyclic) bond motifs is 1. The van der Waals surface area contributed by atoms with E-state index < -0.39 is 24.7 Å². The van der Waals surface area contributed by atoms with Gasteiger partial charge in [-0.3, -0.25) is 14.3 Å². The van der Waals surface area contributed by atoms with Gasteiger partial charge in [0.25, 0.3) is 15.7 Å². The van der Waals surface area contributed by atoms with Gasteiger partial charge in [-0.2, -0.15) is 0 Å². The first-order valence-electron chi connectivity index (χ1n) is 11.2. The summed E-state index contributed by atoms with van der Waals surface area (Å²) in [5, 5.41) is 16.2. The van der Waals surface area contributed by atoms with Gasteiger partial charge in [0.15, 0.2) is 11.5 Å². The fourth-order valence-corrected chi connectivity index (χ4v) is 6.86. The van der Waals surface area contributed by atoms with Crippen LogP contribution >= 0.6 is 0 Å². The molecule has 3 aromatic rings. The maximum atomic E-state index is 12.8.